The number of halogens is 4. The monoisotopic (exact) mass is 519 g/mol. The van der Waals surface area contributed by atoms with Gasteiger partial charge < -0.3 is 9.72 Å². The first kappa shape index (κ1) is 24.7. The van der Waals surface area contributed by atoms with Crippen LogP contribution in [0.25, 0.3) is 11.2 Å². The molecule has 0 radical (unpaired) electrons. The number of fused-ring (bicyclic) bond motifs is 1. The van der Waals surface area contributed by atoms with Crippen LogP contribution in [0.2, 0.25) is 5.02 Å². The SMILES string of the molecule is CSc1cc(Oc2ccnc3[nH]c(=O)cnc23)ccc1CC(=O)Cc1ccc(Cl)c(C(F)(F)F)c1. The van der Waals surface area contributed by atoms with Crippen molar-refractivity contribution in [1.29, 1.82) is 0 Å². The smallest absolute Gasteiger partial charge is 0.417 e. The maximum Gasteiger partial charge on any atom is 0.417 e. The number of H-pyrrole nitrogens is 1. The van der Waals surface area contributed by atoms with Crippen molar-refractivity contribution < 1.29 is 22.7 Å². The Hall–Kier alpha value is -3.37. The summed E-state index contributed by atoms with van der Waals surface area (Å²) in [5.74, 6) is 0.640. The largest absolute Gasteiger partial charge is 0.455 e. The molecule has 0 bridgehead atoms. The number of aromatic nitrogens is 3. The van der Waals surface area contributed by atoms with Crippen molar-refractivity contribution in [3.8, 4) is 11.5 Å². The third-order valence-electron chi connectivity index (χ3n) is 5.05. The molecule has 4 rings (SSSR count). The minimum atomic E-state index is -4.59. The number of alkyl halides is 3. The molecule has 2 aromatic heterocycles. The summed E-state index contributed by atoms with van der Waals surface area (Å²) in [6.07, 6.45) is -0.240. The van der Waals surface area contributed by atoms with Crippen LogP contribution >= 0.6 is 23.4 Å². The van der Waals surface area contributed by atoms with E-state index in [9.17, 15) is 22.8 Å². The van der Waals surface area contributed by atoms with Gasteiger partial charge in [-0.15, -0.1) is 11.8 Å². The van der Waals surface area contributed by atoms with Gasteiger partial charge in [0.05, 0.1) is 16.8 Å². The summed E-state index contributed by atoms with van der Waals surface area (Å²) in [6, 6.07) is 10.3. The fraction of sp³-hybridized carbons (Fsp3) is 0.167. The molecule has 0 amide bonds. The van der Waals surface area contributed by atoms with Gasteiger partial charge in [-0.2, -0.15) is 13.2 Å². The van der Waals surface area contributed by atoms with Crippen LogP contribution in [-0.2, 0) is 23.8 Å². The predicted octanol–water partition coefficient (Wildman–Crippen LogP) is 5.86. The summed E-state index contributed by atoms with van der Waals surface area (Å²) < 4.78 is 45.3. The fourth-order valence-corrected chi connectivity index (χ4v) is 4.33. The van der Waals surface area contributed by atoms with Crippen molar-refractivity contribution in [2.24, 2.45) is 0 Å². The zero-order chi connectivity index (χ0) is 25.2. The molecule has 0 saturated heterocycles. The van der Waals surface area contributed by atoms with Crippen molar-refractivity contribution in [3.63, 3.8) is 0 Å². The van der Waals surface area contributed by atoms with Gasteiger partial charge in [0.15, 0.2) is 11.4 Å². The van der Waals surface area contributed by atoms with Crippen LogP contribution < -0.4 is 10.3 Å². The number of Topliss-reactive ketones (excluding diaryl/α,β-unsaturated/α-hetero) is 1. The highest BCUT2D eigenvalue weighted by Gasteiger charge is 2.33. The quantitative estimate of drug-likeness (QED) is 0.308. The Morgan fingerprint density at radius 1 is 1.11 bits per heavy atom. The third kappa shape index (κ3) is 5.83. The molecule has 0 aliphatic heterocycles. The lowest BCUT2D eigenvalue weighted by molar-refractivity contribution is -0.137. The number of rotatable bonds is 7. The Bertz CT molecular complexity index is 1470. The van der Waals surface area contributed by atoms with Crippen LogP contribution in [0.15, 0.2) is 64.5 Å². The van der Waals surface area contributed by atoms with Crippen molar-refractivity contribution in [2.75, 3.05) is 6.26 Å². The molecule has 0 spiro atoms. The first-order valence-electron chi connectivity index (χ1n) is 10.2. The summed E-state index contributed by atoms with van der Waals surface area (Å²) in [4.78, 5) is 35.6. The van der Waals surface area contributed by atoms with E-state index in [0.717, 1.165) is 28.8 Å². The molecule has 0 fully saturated rings. The van der Waals surface area contributed by atoms with Crippen LogP contribution in [0.3, 0.4) is 0 Å². The predicted molar refractivity (Wildman–Crippen MR) is 127 cm³/mol. The third-order valence-corrected chi connectivity index (χ3v) is 6.20. The molecule has 0 aliphatic rings. The number of benzene rings is 2. The molecule has 180 valence electrons. The summed E-state index contributed by atoms with van der Waals surface area (Å²) in [6.45, 7) is 0. The lowest BCUT2D eigenvalue weighted by Crippen LogP contribution is -2.10. The molecular formula is C24H17ClF3N3O3S. The molecule has 1 N–H and O–H groups in total. The second-order valence-electron chi connectivity index (χ2n) is 7.53. The van der Waals surface area contributed by atoms with E-state index in [1.54, 1.807) is 24.3 Å². The summed E-state index contributed by atoms with van der Waals surface area (Å²) in [5.41, 5.74) is 0.304. The standard InChI is InChI=1S/C24H17ClF3N3O3S/c1-35-20-11-16(34-19-6-7-29-23-22(19)30-12-21(33)31-23)4-3-14(20)10-15(32)8-13-2-5-18(25)17(9-13)24(26,27)28/h2-7,9,11-12H,8,10H2,1H3,(H,29,31,33). The number of carbonyl (C=O) groups excluding carboxylic acids is 1. The van der Waals surface area contributed by atoms with Gasteiger partial charge in [0.2, 0.25) is 0 Å². The number of aromatic amines is 1. The Kier molecular flexibility index (Phi) is 7.13. The number of hydrogen-bond acceptors (Lipinski definition) is 6. The summed E-state index contributed by atoms with van der Waals surface area (Å²) in [5, 5.41) is -0.405. The molecule has 6 nitrogen and oxygen atoms in total. The van der Waals surface area contributed by atoms with Crippen molar-refractivity contribution in [1.82, 2.24) is 15.0 Å². The van der Waals surface area contributed by atoms with Crippen molar-refractivity contribution in [2.45, 2.75) is 23.9 Å². The van der Waals surface area contributed by atoms with Gasteiger partial charge in [0, 0.05) is 30.0 Å². The molecule has 11 heteroatoms. The maximum absolute atomic E-state index is 13.1. The number of nitrogens with zero attached hydrogens (tertiary/aromatic N) is 2. The Morgan fingerprint density at radius 3 is 2.66 bits per heavy atom. The van der Waals surface area contributed by atoms with Crippen LogP contribution in [0.5, 0.6) is 11.5 Å². The topological polar surface area (TPSA) is 84.9 Å². The van der Waals surface area contributed by atoms with E-state index in [1.807, 2.05) is 6.26 Å². The molecule has 4 aromatic rings. The summed E-state index contributed by atoms with van der Waals surface area (Å²) in [7, 11) is 0. The maximum atomic E-state index is 13.1. The van der Waals surface area contributed by atoms with Crippen LogP contribution in [0.4, 0.5) is 13.2 Å². The van der Waals surface area contributed by atoms with E-state index in [1.165, 1.54) is 24.0 Å². The zero-order valence-electron chi connectivity index (χ0n) is 18.1. The molecule has 0 unspecified atom stereocenters. The highest BCUT2D eigenvalue weighted by molar-refractivity contribution is 7.98. The van der Waals surface area contributed by atoms with Gasteiger partial charge in [-0.05, 0) is 41.6 Å². The number of carbonyl (C=O) groups is 1. The number of thioether (sulfide) groups is 1. The van der Waals surface area contributed by atoms with Gasteiger partial charge in [-0.25, -0.2) is 9.97 Å². The Balaban J connectivity index is 1.51. The van der Waals surface area contributed by atoms with E-state index in [-0.39, 0.29) is 35.4 Å². The van der Waals surface area contributed by atoms with Crippen LogP contribution in [0.1, 0.15) is 16.7 Å². The zero-order valence-corrected chi connectivity index (χ0v) is 19.7. The van der Waals surface area contributed by atoms with E-state index in [0.29, 0.717) is 17.0 Å². The molecular weight excluding hydrogens is 503 g/mol. The summed E-state index contributed by atoms with van der Waals surface area (Å²) >= 11 is 7.06. The molecule has 35 heavy (non-hydrogen) atoms. The number of ketones is 1. The minimum Gasteiger partial charge on any atom is -0.455 e. The van der Waals surface area contributed by atoms with Crippen LogP contribution in [0, 0.1) is 0 Å². The van der Waals surface area contributed by atoms with Gasteiger partial charge in [-0.3, -0.25) is 9.59 Å². The first-order chi connectivity index (χ1) is 16.6. The lowest BCUT2D eigenvalue weighted by atomic mass is 10.0. The second-order valence-corrected chi connectivity index (χ2v) is 8.79. The lowest BCUT2D eigenvalue weighted by Gasteiger charge is -2.13. The first-order valence-corrected chi connectivity index (χ1v) is 11.8. The molecule has 0 aliphatic carbocycles. The number of hydrogen-bond donors (Lipinski definition) is 1. The minimum absolute atomic E-state index is 0.0431. The second kappa shape index (κ2) is 10.1. The van der Waals surface area contributed by atoms with Crippen molar-refractivity contribution >= 4 is 40.3 Å². The molecule has 0 saturated carbocycles. The normalized spacial score (nSPS) is 11.6. The average molecular weight is 520 g/mol. The molecule has 2 aromatic carbocycles. The van der Waals surface area contributed by atoms with Gasteiger partial charge in [0.25, 0.3) is 5.56 Å². The Labute approximate surface area is 206 Å². The highest BCUT2D eigenvalue weighted by Crippen LogP contribution is 2.35. The van der Waals surface area contributed by atoms with E-state index >= 15 is 0 Å². The Morgan fingerprint density at radius 2 is 1.91 bits per heavy atom. The molecule has 2 heterocycles. The number of nitrogens with one attached hydrogen (secondary N) is 1. The highest BCUT2D eigenvalue weighted by atomic mass is 35.5. The van der Waals surface area contributed by atoms with Crippen LogP contribution in [-0.4, -0.2) is 27.0 Å². The van der Waals surface area contributed by atoms with Crippen molar-refractivity contribution in [3.05, 3.63) is 86.9 Å². The van der Waals surface area contributed by atoms with Gasteiger partial charge in [0.1, 0.15) is 17.0 Å². The van der Waals surface area contributed by atoms with Gasteiger partial charge >= 0.3 is 6.18 Å². The molecule has 0 atom stereocenters. The average Bonchev–Trinajstić information content (AvgIpc) is 2.80. The fourth-order valence-electron chi connectivity index (χ4n) is 3.47. The van der Waals surface area contributed by atoms with E-state index in [2.05, 4.69) is 15.0 Å². The number of pyridine rings is 1. The van der Waals surface area contributed by atoms with E-state index in [4.69, 9.17) is 16.3 Å². The van der Waals surface area contributed by atoms with E-state index < -0.39 is 16.8 Å². The van der Waals surface area contributed by atoms with Gasteiger partial charge in [-0.1, -0.05) is 23.7 Å². The number of ether oxygens (including phenoxy) is 1.